The normalized spacial score (nSPS) is 29.6. The number of benzene rings is 1. The molecular formula is C17H24N2O2. The van der Waals surface area contributed by atoms with E-state index >= 15 is 0 Å². The zero-order valence-electron chi connectivity index (χ0n) is 12.6. The van der Waals surface area contributed by atoms with E-state index in [4.69, 9.17) is 0 Å². The molecule has 4 nitrogen and oxygen atoms in total. The average Bonchev–Trinajstić information content (AvgIpc) is 3.06. The Morgan fingerprint density at radius 2 is 2.00 bits per heavy atom. The van der Waals surface area contributed by atoms with Gasteiger partial charge < -0.3 is 10.0 Å². The summed E-state index contributed by atoms with van der Waals surface area (Å²) in [5, 5.41) is 9.95. The molecule has 4 heteroatoms. The predicted molar refractivity (Wildman–Crippen MR) is 83.2 cm³/mol. The Hall–Kier alpha value is -1.39. The third kappa shape index (κ3) is 2.97. The summed E-state index contributed by atoms with van der Waals surface area (Å²) in [6.07, 6.45) is 3.78. The molecule has 1 aliphatic carbocycles. The summed E-state index contributed by atoms with van der Waals surface area (Å²) >= 11 is 0. The van der Waals surface area contributed by atoms with Gasteiger partial charge in [0.15, 0.2) is 0 Å². The van der Waals surface area contributed by atoms with Crippen molar-refractivity contribution in [3.63, 3.8) is 0 Å². The number of anilines is 1. The third-order valence-electron chi connectivity index (χ3n) is 4.92. The molecule has 0 spiro atoms. The summed E-state index contributed by atoms with van der Waals surface area (Å²) in [5.41, 5.74) is 0.985. The zero-order chi connectivity index (χ0) is 14.8. The number of carbonyl (C=O) groups is 1. The highest BCUT2D eigenvalue weighted by Crippen LogP contribution is 2.29. The molecule has 3 unspecified atom stereocenters. The molecule has 0 aromatic heterocycles. The highest BCUT2D eigenvalue weighted by Gasteiger charge is 2.37. The van der Waals surface area contributed by atoms with E-state index in [-0.39, 0.29) is 18.1 Å². The van der Waals surface area contributed by atoms with Gasteiger partial charge >= 0.3 is 0 Å². The Balaban J connectivity index is 1.63. The molecule has 21 heavy (non-hydrogen) atoms. The van der Waals surface area contributed by atoms with Gasteiger partial charge in [0, 0.05) is 18.8 Å². The molecule has 3 atom stereocenters. The number of amides is 1. The van der Waals surface area contributed by atoms with E-state index < -0.39 is 0 Å². The van der Waals surface area contributed by atoms with Crippen LogP contribution in [0.3, 0.4) is 0 Å². The molecule has 1 heterocycles. The molecule has 114 valence electrons. The van der Waals surface area contributed by atoms with Crippen molar-refractivity contribution in [2.75, 3.05) is 25.0 Å². The number of hydrogen-bond donors (Lipinski definition) is 1. The summed E-state index contributed by atoms with van der Waals surface area (Å²) < 4.78 is 0. The van der Waals surface area contributed by atoms with Gasteiger partial charge in [-0.1, -0.05) is 24.6 Å². The minimum atomic E-state index is -0.186. The summed E-state index contributed by atoms with van der Waals surface area (Å²) in [4.78, 5) is 16.6. The van der Waals surface area contributed by atoms with Crippen LogP contribution in [0.4, 0.5) is 5.69 Å². The van der Waals surface area contributed by atoms with Crippen LogP contribution in [0, 0.1) is 5.92 Å². The fourth-order valence-corrected chi connectivity index (χ4v) is 3.67. The van der Waals surface area contributed by atoms with Crippen molar-refractivity contribution >= 4 is 11.6 Å². The molecule has 1 aliphatic heterocycles. The van der Waals surface area contributed by atoms with Gasteiger partial charge in [-0.15, -0.1) is 0 Å². The SMILES string of the molecule is CN(CC1CCCC1O)C1CCN(c2ccccc2)C1=O. The molecule has 1 N–H and O–H groups in total. The van der Waals surface area contributed by atoms with Gasteiger partial charge in [0.25, 0.3) is 0 Å². The summed E-state index contributed by atoms with van der Waals surface area (Å²) in [6, 6.07) is 9.83. The van der Waals surface area contributed by atoms with E-state index in [0.717, 1.165) is 44.5 Å². The number of para-hydroxylation sites is 1. The first kappa shape index (κ1) is 14.5. The molecule has 1 aromatic rings. The van der Waals surface area contributed by atoms with Crippen LogP contribution in [0.15, 0.2) is 30.3 Å². The van der Waals surface area contributed by atoms with Crippen molar-refractivity contribution in [3.8, 4) is 0 Å². The number of aliphatic hydroxyl groups excluding tert-OH is 1. The molecule has 1 amide bonds. The van der Waals surface area contributed by atoms with Gasteiger partial charge in [-0.3, -0.25) is 9.69 Å². The zero-order valence-corrected chi connectivity index (χ0v) is 12.6. The maximum absolute atomic E-state index is 12.6. The predicted octanol–water partition coefficient (Wildman–Crippen LogP) is 1.88. The molecule has 1 aromatic carbocycles. The third-order valence-corrected chi connectivity index (χ3v) is 4.92. The number of rotatable bonds is 4. The van der Waals surface area contributed by atoms with Crippen LogP contribution in [0.1, 0.15) is 25.7 Å². The van der Waals surface area contributed by atoms with Crippen molar-refractivity contribution in [1.82, 2.24) is 4.90 Å². The van der Waals surface area contributed by atoms with Crippen molar-refractivity contribution in [2.24, 2.45) is 5.92 Å². The van der Waals surface area contributed by atoms with Gasteiger partial charge in [-0.05, 0) is 44.4 Å². The summed E-state index contributed by atoms with van der Waals surface area (Å²) in [5.74, 6) is 0.518. The van der Waals surface area contributed by atoms with Crippen molar-refractivity contribution in [3.05, 3.63) is 30.3 Å². The Morgan fingerprint density at radius 1 is 1.24 bits per heavy atom. The second-order valence-corrected chi connectivity index (χ2v) is 6.33. The van der Waals surface area contributed by atoms with Gasteiger partial charge in [-0.25, -0.2) is 0 Å². The van der Waals surface area contributed by atoms with Gasteiger partial charge in [0.2, 0.25) is 5.91 Å². The summed E-state index contributed by atoms with van der Waals surface area (Å²) in [7, 11) is 2.02. The molecule has 2 fully saturated rings. The van der Waals surface area contributed by atoms with Crippen LogP contribution < -0.4 is 4.90 Å². The van der Waals surface area contributed by atoms with Crippen LogP contribution in [-0.4, -0.2) is 48.2 Å². The monoisotopic (exact) mass is 288 g/mol. The van der Waals surface area contributed by atoms with E-state index in [1.54, 1.807) is 0 Å². The van der Waals surface area contributed by atoms with Crippen LogP contribution in [0.2, 0.25) is 0 Å². The second kappa shape index (κ2) is 6.16. The first-order chi connectivity index (χ1) is 10.2. The van der Waals surface area contributed by atoms with Crippen LogP contribution in [0.25, 0.3) is 0 Å². The number of hydrogen-bond acceptors (Lipinski definition) is 3. The van der Waals surface area contributed by atoms with E-state index in [1.165, 1.54) is 0 Å². The Bertz CT molecular complexity index is 491. The first-order valence-electron chi connectivity index (χ1n) is 7.91. The van der Waals surface area contributed by atoms with Crippen molar-refractivity contribution in [1.29, 1.82) is 0 Å². The van der Waals surface area contributed by atoms with Crippen LogP contribution in [0.5, 0.6) is 0 Å². The van der Waals surface area contributed by atoms with Crippen LogP contribution in [-0.2, 0) is 4.79 Å². The molecule has 0 radical (unpaired) electrons. The molecule has 1 saturated carbocycles. The topological polar surface area (TPSA) is 43.8 Å². The summed E-state index contributed by atoms with van der Waals surface area (Å²) in [6.45, 7) is 1.60. The number of nitrogens with zero attached hydrogens (tertiary/aromatic N) is 2. The minimum absolute atomic E-state index is 0.0435. The number of likely N-dealkylation sites (N-methyl/N-ethyl adjacent to an activating group) is 1. The fourth-order valence-electron chi connectivity index (χ4n) is 3.67. The molecule has 3 rings (SSSR count). The fraction of sp³-hybridized carbons (Fsp3) is 0.588. The second-order valence-electron chi connectivity index (χ2n) is 6.33. The first-order valence-corrected chi connectivity index (χ1v) is 7.91. The van der Waals surface area contributed by atoms with Crippen LogP contribution >= 0.6 is 0 Å². The van der Waals surface area contributed by atoms with Gasteiger partial charge in [0.05, 0.1) is 12.1 Å². The van der Waals surface area contributed by atoms with E-state index in [1.807, 2.05) is 42.3 Å². The molecular weight excluding hydrogens is 264 g/mol. The molecule has 1 saturated heterocycles. The van der Waals surface area contributed by atoms with Gasteiger partial charge in [-0.2, -0.15) is 0 Å². The largest absolute Gasteiger partial charge is 0.393 e. The lowest BCUT2D eigenvalue weighted by atomic mass is 10.0. The Morgan fingerprint density at radius 3 is 2.67 bits per heavy atom. The Kier molecular flexibility index (Phi) is 4.27. The smallest absolute Gasteiger partial charge is 0.244 e. The standard InChI is InChI=1S/C17H24N2O2/c1-18(12-13-6-5-9-16(13)20)15-10-11-19(17(15)21)14-7-3-2-4-8-14/h2-4,7-8,13,15-16,20H,5-6,9-12H2,1H3. The van der Waals surface area contributed by atoms with Gasteiger partial charge in [0.1, 0.15) is 0 Å². The number of carbonyl (C=O) groups excluding carboxylic acids is 1. The highest BCUT2D eigenvalue weighted by molar-refractivity contribution is 5.99. The lowest BCUT2D eigenvalue weighted by Gasteiger charge is -2.27. The maximum Gasteiger partial charge on any atom is 0.244 e. The Labute approximate surface area is 126 Å². The van der Waals surface area contributed by atoms with E-state index in [2.05, 4.69) is 4.90 Å². The molecule has 0 bridgehead atoms. The lowest BCUT2D eigenvalue weighted by Crippen LogP contribution is -2.42. The minimum Gasteiger partial charge on any atom is -0.393 e. The molecule has 2 aliphatic rings. The number of aliphatic hydroxyl groups is 1. The van der Waals surface area contributed by atoms with E-state index in [9.17, 15) is 9.90 Å². The maximum atomic E-state index is 12.6. The quantitative estimate of drug-likeness (QED) is 0.920. The average molecular weight is 288 g/mol. The van der Waals surface area contributed by atoms with E-state index in [0.29, 0.717) is 5.92 Å². The van der Waals surface area contributed by atoms with Crippen molar-refractivity contribution in [2.45, 2.75) is 37.8 Å². The van der Waals surface area contributed by atoms with Crippen molar-refractivity contribution < 1.29 is 9.90 Å². The lowest BCUT2D eigenvalue weighted by molar-refractivity contribution is -0.121. The highest BCUT2D eigenvalue weighted by atomic mass is 16.3.